The Bertz CT molecular complexity index is 721. The van der Waals surface area contributed by atoms with Crippen LogP contribution in [0.15, 0.2) is 22.7 Å². The maximum absolute atomic E-state index is 11.4. The molecule has 0 atom stereocenters. The number of non-ortho nitro benzene ring substituents is 1. The van der Waals surface area contributed by atoms with Crippen LogP contribution in [0.1, 0.15) is 9.67 Å². The Morgan fingerprint density at radius 2 is 2.19 bits per heavy atom. The fourth-order valence-electron chi connectivity index (χ4n) is 1.36. The lowest BCUT2D eigenvalue weighted by atomic mass is 10.3. The third kappa shape index (κ3) is 3.69. The molecule has 0 amide bonds. The number of rotatable bonds is 4. The molecule has 1 aromatic heterocycles. The van der Waals surface area contributed by atoms with E-state index in [9.17, 15) is 14.9 Å². The van der Waals surface area contributed by atoms with Crippen molar-refractivity contribution in [2.24, 2.45) is 0 Å². The molecule has 0 aliphatic carbocycles. The number of esters is 1. The Balaban J connectivity index is 2.30. The van der Waals surface area contributed by atoms with Gasteiger partial charge >= 0.3 is 5.97 Å². The van der Waals surface area contributed by atoms with Crippen LogP contribution in [0, 0.1) is 10.1 Å². The number of thiazole rings is 1. The van der Waals surface area contributed by atoms with Crippen molar-refractivity contribution in [3.05, 3.63) is 42.8 Å². The van der Waals surface area contributed by atoms with Crippen molar-refractivity contribution in [1.82, 2.24) is 4.98 Å². The van der Waals surface area contributed by atoms with E-state index in [0.29, 0.717) is 4.47 Å². The monoisotopic (exact) mass is 392 g/mol. The molecule has 21 heavy (non-hydrogen) atoms. The van der Waals surface area contributed by atoms with Gasteiger partial charge in [0.15, 0.2) is 10.0 Å². The molecule has 2 aromatic rings. The predicted octanol–water partition coefficient (Wildman–Crippen LogP) is 4.05. The number of benzene rings is 1. The number of hydrogen-bond donors (Lipinski definition) is 0. The zero-order valence-corrected chi connectivity index (χ0v) is 13.5. The van der Waals surface area contributed by atoms with Gasteiger partial charge in [-0.3, -0.25) is 10.1 Å². The van der Waals surface area contributed by atoms with Crippen molar-refractivity contribution in [3.8, 4) is 10.9 Å². The number of halogens is 2. The van der Waals surface area contributed by atoms with Gasteiger partial charge in [-0.15, -0.1) is 0 Å². The van der Waals surface area contributed by atoms with Gasteiger partial charge in [-0.05, 0) is 6.07 Å². The number of methoxy groups -OCH3 is 1. The standard InChI is InChI=1S/C11H6BrClN2O5S/c1-19-10(16)8-9(13)14-11(21-8)20-7-3-5(12)2-6(4-7)15(17)18/h2-4H,1H3. The summed E-state index contributed by atoms with van der Waals surface area (Å²) in [6, 6.07) is 4.10. The second kappa shape index (κ2) is 6.37. The van der Waals surface area contributed by atoms with Gasteiger partial charge in [0.1, 0.15) is 5.75 Å². The van der Waals surface area contributed by atoms with Gasteiger partial charge in [0.2, 0.25) is 0 Å². The molecule has 7 nitrogen and oxygen atoms in total. The Kier molecular flexibility index (Phi) is 4.76. The summed E-state index contributed by atoms with van der Waals surface area (Å²) in [5, 5.41) is 10.8. The van der Waals surface area contributed by atoms with E-state index in [-0.39, 0.29) is 26.7 Å². The fourth-order valence-corrected chi connectivity index (χ4v) is 2.88. The van der Waals surface area contributed by atoms with Gasteiger partial charge in [-0.1, -0.05) is 38.9 Å². The highest BCUT2D eigenvalue weighted by Gasteiger charge is 2.19. The van der Waals surface area contributed by atoms with Crippen molar-refractivity contribution in [2.75, 3.05) is 7.11 Å². The molecular formula is C11H6BrClN2O5S. The molecule has 0 fully saturated rings. The van der Waals surface area contributed by atoms with Crippen LogP contribution in [0.2, 0.25) is 5.15 Å². The van der Waals surface area contributed by atoms with E-state index in [4.69, 9.17) is 16.3 Å². The number of carbonyl (C=O) groups excluding carboxylic acids is 1. The highest BCUT2D eigenvalue weighted by molar-refractivity contribution is 9.10. The first kappa shape index (κ1) is 15.7. The smallest absolute Gasteiger partial charge is 0.351 e. The molecule has 0 N–H and O–H groups in total. The van der Waals surface area contributed by atoms with Gasteiger partial charge < -0.3 is 9.47 Å². The number of nitro groups is 1. The average Bonchev–Trinajstić information content (AvgIpc) is 2.77. The summed E-state index contributed by atoms with van der Waals surface area (Å²) in [7, 11) is 1.22. The summed E-state index contributed by atoms with van der Waals surface area (Å²) < 4.78 is 10.4. The van der Waals surface area contributed by atoms with E-state index < -0.39 is 10.9 Å². The van der Waals surface area contributed by atoms with E-state index in [0.717, 1.165) is 11.3 Å². The van der Waals surface area contributed by atoms with Crippen molar-refractivity contribution in [1.29, 1.82) is 0 Å². The minimum atomic E-state index is -0.632. The molecule has 2 rings (SSSR count). The van der Waals surface area contributed by atoms with E-state index in [1.807, 2.05) is 0 Å². The minimum Gasteiger partial charge on any atom is -0.465 e. The second-order valence-corrected chi connectivity index (χ2v) is 5.83. The highest BCUT2D eigenvalue weighted by atomic mass is 79.9. The van der Waals surface area contributed by atoms with Crippen LogP contribution in [0.25, 0.3) is 0 Å². The van der Waals surface area contributed by atoms with Crippen LogP contribution in [0.3, 0.4) is 0 Å². The van der Waals surface area contributed by atoms with Crippen LogP contribution in [0.5, 0.6) is 10.9 Å². The van der Waals surface area contributed by atoms with Crippen LogP contribution in [-0.4, -0.2) is 23.0 Å². The molecule has 0 saturated heterocycles. The molecular weight excluding hydrogens is 388 g/mol. The number of nitro benzene ring substituents is 1. The van der Waals surface area contributed by atoms with E-state index >= 15 is 0 Å². The average molecular weight is 394 g/mol. The molecule has 0 bridgehead atoms. The number of ether oxygens (including phenoxy) is 2. The van der Waals surface area contributed by atoms with Crippen molar-refractivity contribution >= 4 is 50.5 Å². The maximum atomic E-state index is 11.4. The normalized spacial score (nSPS) is 10.2. The number of aromatic nitrogens is 1. The molecule has 0 unspecified atom stereocenters. The highest BCUT2D eigenvalue weighted by Crippen LogP contribution is 2.34. The van der Waals surface area contributed by atoms with Gasteiger partial charge in [0.05, 0.1) is 18.1 Å². The lowest BCUT2D eigenvalue weighted by molar-refractivity contribution is -0.385. The van der Waals surface area contributed by atoms with Gasteiger partial charge in [0.25, 0.3) is 10.9 Å². The molecule has 0 spiro atoms. The molecule has 0 aliphatic heterocycles. The van der Waals surface area contributed by atoms with Crippen LogP contribution in [0.4, 0.5) is 5.69 Å². The molecule has 1 aromatic carbocycles. The molecule has 110 valence electrons. The Morgan fingerprint density at radius 1 is 1.48 bits per heavy atom. The van der Waals surface area contributed by atoms with Crippen LogP contribution < -0.4 is 4.74 Å². The molecule has 0 radical (unpaired) electrons. The summed E-state index contributed by atoms with van der Waals surface area (Å²) in [4.78, 5) is 25.6. The second-order valence-electron chi connectivity index (χ2n) is 3.60. The zero-order valence-electron chi connectivity index (χ0n) is 10.3. The Hall–Kier alpha value is -1.71. The molecule has 1 heterocycles. The summed E-state index contributed by atoms with van der Waals surface area (Å²) in [5.74, 6) is -0.439. The van der Waals surface area contributed by atoms with E-state index in [2.05, 4.69) is 25.7 Å². The van der Waals surface area contributed by atoms with Gasteiger partial charge in [-0.2, -0.15) is 4.98 Å². The summed E-state index contributed by atoms with van der Waals surface area (Å²) in [5.41, 5.74) is -0.143. The summed E-state index contributed by atoms with van der Waals surface area (Å²) in [6.07, 6.45) is 0. The first-order valence-electron chi connectivity index (χ1n) is 5.28. The maximum Gasteiger partial charge on any atom is 0.351 e. The SMILES string of the molecule is COC(=O)c1sc(Oc2cc(Br)cc([N+](=O)[O-])c2)nc1Cl. The Morgan fingerprint density at radius 3 is 2.81 bits per heavy atom. The number of hydrogen-bond acceptors (Lipinski definition) is 7. The largest absolute Gasteiger partial charge is 0.465 e. The lowest BCUT2D eigenvalue weighted by Gasteiger charge is -2.02. The minimum absolute atomic E-state index is 0.0497. The lowest BCUT2D eigenvalue weighted by Crippen LogP contribution is -1.98. The van der Waals surface area contributed by atoms with E-state index in [1.165, 1.54) is 25.3 Å². The van der Waals surface area contributed by atoms with Crippen molar-refractivity contribution < 1.29 is 19.2 Å². The molecule has 0 saturated carbocycles. The third-order valence-corrected chi connectivity index (χ3v) is 3.97. The van der Waals surface area contributed by atoms with Gasteiger partial charge in [-0.25, -0.2) is 4.79 Å². The van der Waals surface area contributed by atoms with Crippen LogP contribution >= 0.6 is 38.9 Å². The molecule has 10 heteroatoms. The van der Waals surface area contributed by atoms with Gasteiger partial charge in [0, 0.05) is 10.5 Å². The third-order valence-electron chi connectivity index (χ3n) is 2.21. The number of nitrogens with zero attached hydrogens (tertiary/aromatic N) is 2. The topological polar surface area (TPSA) is 91.6 Å². The summed E-state index contributed by atoms with van der Waals surface area (Å²) >= 11 is 9.83. The molecule has 0 aliphatic rings. The predicted molar refractivity (Wildman–Crippen MR) is 79.3 cm³/mol. The summed E-state index contributed by atoms with van der Waals surface area (Å²) in [6.45, 7) is 0. The Labute approximate surface area is 135 Å². The van der Waals surface area contributed by atoms with Crippen LogP contribution in [-0.2, 0) is 4.74 Å². The van der Waals surface area contributed by atoms with E-state index in [1.54, 1.807) is 0 Å². The zero-order chi connectivity index (χ0) is 15.6. The van der Waals surface area contributed by atoms with Crippen molar-refractivity contribution in [3.63, 3.8) is 0 Å². The van der Waals surface area contributed by atoms with Crippen molar-refractivity contribution in [2.45, 2.75) is 0 Å². The fraction of sp³-hybridized carbons (Fsp3) is 0.0909. The first-order chi connectivity index (χ1) is 9.90. The number of carbonyl (C=O) groups is 1. The quantitative estimate of drug-likeness (QED) is 0.442. The first-order valence-corrected chi connectivity index (χ1v) is 7.27.